The summed E-state index contributed by atoms with van der Waals surface area (Å²) < 4.78 is 7.42. The number of aromatic nitrogens is 3. The van der Waals surface area contributed by atoms with Crippen LogP contribution in [-0.2, 0) is 6.42 Å². The molecule has 16 aromatic carbocycles. The van der Waals surface area contributed by atoms with Gasteiger partial charge >= 0.3 is 0 Å². The topological polar surface area (TPSA) is 41.8 Å². The summed E-state index contributed by atoms with van der Waals surface area (Å²) in [5.41, 5.74) is 30.6. The quantitative estimate of drug-likeness (QED) is 0.122. The van der Waals surface area contributed by atoms with Crippen LogP contribution in [0.1, 0.15) is 22.3 Å². The van der Waals surface area contributed by atoms with E-state index in [1.54, 1.807) is 0 Å². The van der Waals surface area contributed by atoms with Crippen LogP contribution in [0.15, 0.2) is 401 Å². The number of hydrogen-bond acceptors (Lipinski definition) is 2. The van der Waals surface area contributed by atoms with Crippen molar-refractivity contribution < 1.29 is 0 Å². The van der Waals surface area contributed by atoms with E-state index in [0.29, 0.717) is 23.4 Å². The maximum Gasteiger partial charge on any atom is 0.104 e. The highest BCUT2D eigenvalue weighted by Gasteiger charge is 2.36. The van der Waals surface area contributed by atoms with Gasteiger partial charge in [-0.1, -0.05) is 304 Å². The lowest BCUT2D eigenvalue weighted by Gasteiger charge is -2.34. The average molecular weight is 1400 g/mol. The van der Waals surface area contributed by atoms with Crippen molar-refractivity contribution in [3.8, 4) is 101 Å². The Hall–Kier alpha value is -14.6. The second-order valence-corrected chi connectivity index (χ2v) is 28.7. The van der Waals surface area contributed by atoms with Crippen molar-refractivity contribution in [3.05, 3.63) is 423 Å². The van der Waals surface area contributed by atoms with Gasteiger partial charge in [-0.15, -0.1) is 0 Å². The van der Waals surface area contributed by atoms with Gasteiger partial charge in [0.15, 0.2) is 0 Å². The summed E-state index contributed by atoms with van der Waals surface area (Å²) in [5.74, 6) is 0. The van der Waals surface area contributed by atoms with Gasteiger partial charge in [-0.05, 0) is 199 Å². The number of allylic oxidation sites excluding steroid dienone is 4. The molecule has 0 N–H and O–H groups in total. The second-order valence-electron chi connectivity index (χ2n) is 28.7. The van der Waals surface area contributed by atoms with Gasteiger partial charge in [0.05, 0.1) is 55.8 Å². The number of benzene rings is 16. The standard InChI is InChI=1S/C105H71N5/c1-69-43-44-79(71-27-11-3-12-28-71)45-46-87-61-80(72-29-13-4-14-30-72)47-54-95(87)107(69)104-94(68-106)105(110-100-59-52-85(77-39-23-9-24-40-77)66-92(100)93-67-86(53-60-101(93)110)78-41-25-10-26-42-78)103(109-98-57-50-83(75-35-19-7-20-36-75)64-90(98)91-65-84(51-58-99(91)109)76-37-21-8-22-38-76)70(2)102(104)108-96-55-48-81(73-31-15-5-16-32-73)62-88(96)89-63-82(49-56-97(89)108)74-33-17-6-18-34-74/h3-45,47-67H,1,46H2,2H3/b44-43-,79-45+. The molecule has 0 spiro atoms. The molecule has 0 amide bonds. The molecule has 0 atom stereocenters. The normalized spacial score (nSPS) is 13.1. The molecule has 5 heteroatoms. The van der Waals surface area contributed by atoms with E-state index in [4.69, 9.17) is 6.58 Å². The summed E-state index contributed by atoms with van der Waals surface area (Å²) in [6.45, 7) is 7.56. The molecule has 3 aromatic heterocycles. The number of anilines is 2. The highest BCUT2D eigenvalue weighted by atomic mass is 15.2. The second kappa shape index (κ2) is 27.1. The molecule has 4 heterocycles. The predicted octanol–water partition coefficient (Wildman–Crippen LogP) is 27.7. The zero-order chi connectivity index (χ0) is 73.3. The summed E-state index contributed by atoms with van der Waals surface area (Å²) in [7, 11) is 0. The molecule has 0 aliphatic carbocycles. The van der Waals surface area contributed by atoms with Crippen molar-refractivity contribution in [1.82, 2.24) is 13.7 Å². The van der Waals surface area contributed by atoms with Gasteiger partial charge in [0.2, 0.25) is 0 Å². The van der Waals surface area contributed by atoms with Crippen LogP contribution in [0, 0.1) is 18.3 Å². The lowest BCUT2D eigenvalue weighted by atomic mass is 9.95. The van der Waals surface area contributed by atoms with Crippen molar-refractivity contribution >= 4 is 82.4 Å². The maximum atomic E-state index is 13.7. The van der Waals surface area contributed by atoms with Crippen LogP contribution < -0.4 is 4.90 Å². The Morgan fingerprint density at radius 1 is 0.273 bits per heavy atom. The molecule has 0 unspecified atom stereocenters. The van der Waals surface area contributed by atoms with Gasteiger partial charge in [-0.3, -0.25) is 0 Å². The third-order valence-electron chi connectivity index (χ3n) is 22.4. The van der Waals surface area contributed by atoms with E-state index in [9.17, 15) is 5.26 Å². The lowest BCUT2D eigenvalue weighted by molar-refractivity contribution is 1.03. The number of rotatable bonds is 12. The fourth-order valence-corrected chi connectivity index (χ4v) is 17.1. The largest absolute Gasteiger partial charge is 0.307 e. The van der Waals surface area contributed by atoms with Crippen molar-refractivity contribution in [2.24, 2.45) is 0 Å². The maximum absolute atomic E-state index is 13.7. The fraction of sp³-hybridized carbons (Fsp3) is 0.0190. The highest BCUT2D eigenvalue weighted by Crippen LogP contribution is 2.53. The first-order valence-corrected chi connectivity index (χ1v) is 37.7. The highest BCUT2D eigenvalue weighted by molar-refractivity contribution is 6.17. The first-order chi connectivity index (χ1) is 54.4. The van der Waals surface area contributed by atoms with Crippen LogP contribution >= 0.6 is 0 Å². The van der Waals surface area contributed by atoms with Gasteiger partial charge in [-0.2, -0.15) is 5.26 Å². The Labute approximate surface area is 639 Å². The molecule has 0 radical (unpaired) electrons. The summed E-state index contributed by atoms with van der Waals surface area (Å²) in [6.07, 6.45) is 7.29. The van der Waals surface area contributed by atoms with Crippen LogP contribution in [-0.4, -0.2) is 13.7 Å². The Morgan fingerprint density at radius 3 is 0.836 bits per heavy atom. The van der Waals surface area contributed by atoms with Crippen molar-refractivity contribution in [3.63, 3.8) is 0 Å². The van der Waals surface area contributed by atoms with E-state index in [1.807, 2.05) is 0 Å². The van der Waals surface area contributed by atoms with Crippen molar-refractivity contribution in [2.45, 2.75) is 13.3 Å². The van der Waals surface area contributed by atoms with Crippen LogP contribution in [0.5, 0.6) is 0 Å². The molecule has 0 saturated heterocycles. The summed E-state index contributed by atoms with van der Waals surface area (Å²) in [5, 5.41) is 20.2. The van der Waals surface area contributed by atoms with Gasteiger partial charge in [-0.25, -0.2) is 0 Å². The summed E-state index contributed by atoms with van der Waals surface area (Å²) >= 11 is 0. The molecule has 0 bridgehead atoms. The third kappa shape index (κ3) is 11.1. The van der Waals surface area contributed by atoms with Crippen LogP contribution in [0.3, 0.4) is 0 Å². The molecule has 0 saturated carbocycles. The number of hydrogen-bond donors (Lipinski definition) is 0. The minimum Gasteiger partial charge on any atom is -0.307 e. The van der Waals surface area contributed by atoms with E-state index < -0.39 is 0 Å². The Kier molecular flexibility index (Phi) is 16.0. The molecule has 516 valence electrons. The number of nitrogens with zero attached hydrogens (tertiary/aromatic N) is 5. The third-order valence-corrected chi connectivity index (χ3v) is 22.4. The lowest BCUT2D eigenvalue weighted by Crippen LogP contribution is -2.23. The fourth-order valence-electron chi connectivity index (χ4n) is 17.1. The molecular formula is C105H71N5. The van der Waals surface area contributed by atoms with E-state index in [0.717, 1.165) is 188 Å². The van der Waals surface area contributed by atoms with Crippen LogP contribution in [0.4, 0.5) is 11.4 Å². The molecule has 20 rings (SSSR count). The molecule has 1 aliphatic rings. The van der Waals surface area contributed by atoms with E-state index in [-0.39, 0.29) is 0 Å². The van der Waals surface area contributed by atoms with Gasteiger partial charge < -0.3 is 18.6 Å². The molecule has 5 nitrogen and oxygen atoms in total. The van der Waals surface area contributed by atoms with Gasteiger partial charge in [0, 0.05) is 49.3 Å². The molecular weight excluding hydrogens is 1330 g/mol. The minimum absolute atomic E-state index is 0.454. The first kappa shape index (κ1) is 65.0. The SMILES string of the molecule is C=C1/C=C\C(c2ccccc2)=C/Cc2cc(-c3ccccc3)ccc2N1c1c(C#N)c(-n2c3ccc(-c4ccccc4)cc3c3cc(-c4ccccc4)ccc32)c(-n2c3ccc(-c4ccccc4)cc3c3cc(-c4ccccc4)ccc32)c(C)c1-n1c2ccc(-c3ccccc3)cc2c2cc(-c3ccccc3)ccc21. The number of nitriles is 1. The monoisotopic (exact) mass is 1400 g/mol. The van der Waals surface area contributed by atoms with Crippen molar-refractivity contribution in [2.75, 3.05) is 4.90 Å². The predicted molar refractivity (Wildman–Crippen MR) is 462 cm³/mol. The summed E-state index contributed by atoms with van der Waals surface area (Å²) in [6, 6.07) is 137. The molecule has 0 fully saturated rings. The van der Waals surface area contributed by atoms with E-state index >= 15 is 0 Å². The Morgan fingerprint density at radius 2 is 0.536 bits per heavy atom. The number of fused-ring (bicyclic) bond motifs is 10. The zero-order valence-corrected chi connectivity index (χ0v) is 60.6. The minimum atomic E-state index is 0.454. The molecule has 19 aromatic rings. The molecule has 1 aliphatic heterocycles. The Bertz CT molecular complexity index is 6670. The van der Waals surface area contributed by atoms with Gasteiger partial charge in [0.25, 0.3) is 0 Å². The first-order valence-electron chi connectivity index (χ1n) is 37.7. The zero-order valence-electron chi connectivity index (χ0n) is 60.6. The van der Waals surface area contributed by atoms with Crippen LogP contribution in [0.25, 0.3) is 166 Å². The average Bonchev–Trinajstić information content (AvgIpc) is 1.43. The van der Waals surface area contributed by atoms with Crippen molar-refractivity contribution in [1.29, 1.82) is 5.26 Å². The molecule has 110 heavy (non-hydrogen) atoms. The summed E-state index contributed by atoms with van der Waals surface area (Å²) in [4.78, 5) is 2.34. The van der Waals surface area contributed by atoms with Gasteiger partial charge in [0.1, 0.15) is 11.6 Å². The van der Waals surface area contributed by atoms with E-state index in [1.165, 1.54) is 0 Å². The Balaban J connectivity index is 1.00. The van der Waals surface area contributed by atoms with Crippen LogP contribution in [0.2, 0.25) is 0 Å². The van der Waals surface area contributed by atoms with E-state index in [2.05, 4.69) is 420 Å². The smallest absolute Gasteiger partial charge is 0.104 e.